The van der Waals surface area contributed by atoms with Crippen molar-refractivity contribution in [3.05, 3.63) is 141 Å². The molecule has 0 spiro atoms. The number of para-hydroxylation sites is 1. The highest BCUT2D eigenvalue weighted by Crippen LogP contribution is 2.29. The third-order valence-electron chi connectivity index (χ3n) is 7.81. The largest absolute Gasteiger partial charge is 0.484 e. The molecule has 0 saturated heterocycles. The molecule has 48 heavy (non-hydrogen) atoms. The highest BCUT2D eigenvalue weighted by Gasteiger charge is 2.17. The fourth-order valence-electron chi connectivity index (χ4n) is 5.55. The maximum atomic E-state index is 13.7. The molecule has 0 saturated carbocycles. The maximum absolute atomic E-state index is 13.7. The summed E-state index contributed by atoms with van der Waals surface area (Å²) >= 11 is 3.50. The van der Waals surface area contributed by atoms with Gasteiger partial charge in [0.1, 0.15) is 17.1 Å². The molecule has 0 fully saturated rings. The number of rotatable bonds is 8. The van der Waals surface area contributed by atoms with E-state index in [4.69, 9.17) is 14.1 Å². The Kier molecular flexibility index (Phi) is 8.20. The van der Waals surface area contributed by atoms with Gasteiger partial charge in [0, 0.05) is 38.2 Å². The predicted molar refractivity (Wildman–Crippen MR) is 188 cm³/mol. The molecule has 0 aliphatic rings. The molecule has 0 aliphatic heterocycles. The third-order valence-corrected chi connectivity index (χ3v) is 8.30. The molecule has 0 unspecified atom stereocenters. The number of halogens is 2. The summed E-state index contributed by atoms with van der Waals surface area (Å²) in [6, 6.07) is 29.7. The van der Waals surface area contributed by atoms with Gasteiger partial charge in [0.25, 0.3) is 11.5 Å². The standard InChI is InChI=1S/C37H27BrFN5O4/c1-22-16-25(23(2)43(22)29-11-13-30(14-12-29)47-21-35(45)41-28-7-5-6-27(39)19-28)20-40-44-36(42-32-9-4-3-8-31(32)37(44)46)34-18-24-17-26(38)10-15-33(24)48-34/h3-20H,21H2,1-2H3,(H,41,45). The van der Waals surface area contributed by atoms with E-state index in [2.05, 4.69) is 30.9 Å². The van der Waals surface area contributed by atoms with Gasteiger partial charge in [0.15, 0.2) is 12.4 Å². The molecule has 3 aromatic heterocycles. The van der Waals surface area contributed by atoms with Gasteiger partial charge in [-0.05, 0) is 98.8 Å². The lowest BCUT2D eigenvalue weighted by atomic mass is 10.2. The molecule has 7 aromatic rings. The van der Waals surface area contributed by atoms with Crippen molar-refractivity contribution in [1.82, 2.24) is 14.2 Å². The number of fused-ring (bicyclic) bond motifs is 2. The van der Waals surface area contributed by atoms with E-state index in [0.717, 1.165) is 32.5 Å². The van der Waals surface area contributed by atoms with Crippen molar-refractivity contribution < 1.29 is 18.3 Å². The molecule has 0 radical (unpaired) electrons. The van der Waals surface area contributed by atoms with Gasteiger partial charge < -0.3 is 19.0 Å². The Labute approximate surface area is 282 Å². The Morgan fingerprint density at radius 2 is 1.81 bits per heavy atom. The van der Waals surface area contributed by atoms with Crippen molar-refractivity contribution >= 4 is 55.6 Å². The van der Waals surface area contributed by atoms with Crippen LogP contribution in [0, 0.1) is 19.7 Å². The summed E-state index contributed by atoms with van der Waals surface area (Å²) in [6.07, 6.45) is 1.65. The van der Waals surface area contributed by atoms with Gasteiger partial charge in [-0.2, -0.15) is 9.78 Å². The number of aryl methyl sites for hydroxylation is 1. The first-order chi connectivity index (χ1) is 23.2. The zero-order valence-electron chi connectivity index (χ0n) is 25.8. The second-order valence-electron chi connectivity index (χ2n) is 11.1. The number of amides is 1. The summed E-state index contributed by atoms with van der Waals surface area (Å²) in [5.74, 6) is 0.377. The second kappa shape index (κ2) is 12.8. The van der Waals surface area contributed by atoms with E-state index in [1.54, 1.807) is 42.6 Å². The van der Waals surface area contributed by atoms with Crippen molar-refractivity contribution in [2.24, 2.45) is 5.10 Å². The zero-order valence-corrected chi connectivity index (χ0v) is 27.4. The van der Waals surface area contributed by atoms with E-state index in [0.29, 0.717) is 33.7 Å². The Bertz CT molecular complexity index is 2430. The van der Waals surface area contributed by atoms with Crippen molar-refractivity contribution in [1.29, 1.82) is 0 Å². The molecule has 4 aromatic carbocycles. The van der Waals surface area contributed by atoms with Crippen LogP contribution in [-0.4, -0.2) is 33.0 Å². The van der Waals surface area contributed by atoms with Crippen LogP contribution in [0.2, 0.25) is 0 Å². The van der Waals surface area contributed by atoms with Crippen LogP contribution in [0.3, 0.4) is 0 Å². The fourth-order valence-corrected chi connectivity index (χ4v) is 5.93. The van der Waals surface area contributed by atoms with Crippen LogP contribution in [-0.2, 0) is 4.79 Å². The number of ether oxygens (including phenoxy) is 1. The number of furan rings is 1. The minimum atomic E-state index is -0.435. The van der Waals surface area contributed by atoms with E-state index in [1.165, 1.54) is 22.9 Å². The molecule has 7 rings (SSSR count). The monoisotopic (exact) mass is 703 g/mol. The predicted octanol–water partition coefficient (Wildman–Crippen LogP) is 8.02. The molecular weight excluding hydrogens is 677 g/mol. The molecule has 3 heterocycles. The lowest BCUT2D eigenvalue weighted by Gasteiger charge is -2.12. The van der Waals surface area contributed by atoms with Crippen molar-refractivity contribution in [3.63, 3.8) is 0 Å². The molecular formula is C37H27BrFN5O4. The molecule has 0 aliphatic carbocycles. The van der Waals surface area contributed by atoms with E-state index >= 15 is 0 Å². The summed E-state index contributed by atoms with van der Waals surface area (Å²) in [5, 5.41) is 8.56. The maximum Gasteiger partial charge on any atom is 0.282 e. The average Bonchev–Trinajstić information content (AvgIpc) is 3.62. The molecule has 11 heteroatoms. The number of hydrogen-bond donors (Lipinski definition) is 1. The quantitative estimate of drug-likeness (QED) is 0.162. The normalized spacial score (nSPS) is 11.5. The van der Waals surface area contributed by atoms with Crippen LogP contribution in [0.4, 0.5) is 10.1 Å². The van der Waals surface area contributed by atoms with Crippen LogP contribution in [0.15, 0.2) is 122 Å². The van der Waals surface area contributed by atoms with Crippen molar-refractivity contribution in [2.75, 3.05) is 11.9 Å². The van der Waals surface area contributed by atoms with Crippen LogP contribution in [0.1, 0.15) is 17.0 Å². The molecule has 1 amide bonds. The summed E-state index contributed by atoms with van der Waals surface area (Å²) < 4.78 is 29.4. The lowest BCUT2D eigenvalue weighted by molar-refractivity contribution is -0.118. The first-order valence-corrected chi connectivity index (χ1v) is 15.8. The van der Waals surface area contributed by atoms with Crippen molar-refractivity contribution in [2.45, 2.75) is 13.8 Å². The number of carbonyl (C=O) groups is 1. The van der Waals surface area contributed by atoms with Gasteiger partial charge in [-0.15, -0.1) is 0 Å². The second-order valence-corrected chi connectivity index (χ2v) is 12.0. The van der Waals surface area contributed by atoms with Gasteiger partial charge in [0.05, 0.1) is 17.1 Å². The number of nitrogens with zero attached hydrogens (tertiary/aromatic N) is 4. The number of anilines is 1. The molecule has 1 N–H and O–H groups in total. The van der Waals surface area contributed by atoms with Crippen LogP contribution >= 0.6 is 15.9 Å². The summed E-state index contributed by atoms with van der Waals surface area (Å²) in [7, 11) is 0. The van der Waals surface area contributed by atoms with E-state index in [9.17, 15) is 14.0 Å². The lowest BCUT2D eigenvalue weighted by Crippen LogP contribution is -2.20. The minimum absolute atomic E-state index is 0.228. The van der Waals surface area contributed by atoms with E-state index in [1.807, 2.05) is 62.4 Å². The Morgan fingerprint density at radius 1 is 1.00 bits per heavy atom. The number of aromatic nitrogens is 3. The van der Waals surface area contributed by atoms with Crippen LogP contribution in [0.25, 0.3) is 39.1 Å². The molecule has 0 bridgehead atoms. The van der Waals surface area contributed by atoms with Gasteiger partial charge >= 0.3 is 0 Å². The number of benzene rings is 4. The SMILES string of the molecule is Cc1cc(C=Nn2c(-c3cc4cc(Br)ccc4o3)nc3ccccc3c2=O)c(C)n1-c1ccc(OCC(=O)Nc2cccc(F)c2)cc1. The summed E-state index contributed by atoms with van der Waals surface area (Å²) in [4.78, 5) is 30.8. The number of carbonyl (C=O) groups excluding carboxylic acids is 1. The number of nitrogens with one attached hydrogen (secondary N) is 1. The first-order valence-electron chi connectivity index (χ1n) is 15.0. The van der Waals surface area contributed by atoms with Gasteiger partial charge in [0.2, 0.25) is 5.82 Å². The summed E-state index contributed by atoms with van der Waals surface area (Å²) in [5.41, 5.74) is 4.78. The topological polar surface area (TPSA) is 104 Å². The Balaban J connectivity index is 1.15. The van der Waals surface area contributed by atoms with E-state index in [-0.39, 0.29) is 18.0 Å². The smallest absolute Gasteiger partial charge is 0.282 e. The minimum Gasteiger partial charge on any atom is -0.484 e. The molecule has 9 nitrogen and oxygen atoms in total. The van der Waals surface area contributed by atoms with Gasteiger partial charge in [-0.3, -0.25) is 9.59 Å². The Morgan fingerprint density at radius 3 is 2.62 bits per heavy atom. The third kappa shape index (κ3) is 6.15. The fraction of sp³-hybridized carbons (Fsp3) is 0.0811. The van der Waals surface area contributed by atoms with Crippen molar-refractivity contribution in [3.8, 4) is 23.0 Å². The molecule has 0 atom stereocenters. The first kappa shape index (κ1) is 30.8. The Hall–Kier alpha value is -5.81. The highest BCUT2D eigenvalue weighted by molar-refractivity contribution is 9.10. The zero-order chi connectivity index (χ0) is 33.4. The average molecular weight is 705 g/mol. The van der Waals surface area contributed by atoms with Crippen LogP contribution in [0.5, 0.6) is 5.75 Å². The van der Waals surface area contributed by atoms with Gasteiger partial charge in [-0.1, -0.05) is 34.1 Å². The molecule has 238 valence electrons. The van der Waals surface area contributed by atoms with Gasteiger partial charge in [-0.25, -0.2) is 9.37 Å². The summed E-state index contributed by atoms with van der Waals surface area (Å²) in [6.45, 7) is 3.72. The van der Waals surface area contributed by atoms with Crippen LogP contribution < -0.4 is 15.6 Å². The highest BCUT2D eigenvalue weighted by atomic mass is 79.9. The van der Waals surface area contributed by atoms with E-state index < -0.39 is 11.7 Å². The number of hydrogen-bond acceptors (Lipinski definition) is 6.